The van der Waals surface area contributed by atoms with Crippen molar-refractivity contribution in [1.29, 1.82) is 0 Å². The summed E-state index contributed by atoms with van der Waals surface area (Å²) in [6.45, 7) is 5.71. The lowest BCUT2D eigenvalue weighted by atomic mass is 9.64. The van der Waals surface area contributed by atoms with Crippen molar-refractivity contribution >= 4 is 46.7 Å². The van der Waals surface area contributed by atoms with E-state index >= 15 is 0 Å². The molecule has 2 aliphatic carbocycles. The van der Waals surface area contributed by atoms with Crippen LogP contribution in [0.3, 0.4) is 0 Å². The van der Waals surface area contributed by atoms with Gasteiger partial charge in [0, 0.05) is 30.6 Å². The fourth-order valence-electron chi connectivity index (χ4n) is 6.12. The molecule has 3 aromatic carbocycles. The van der Waals surface area contributed by atoms with Crippen LogP contribution in [0.15, 0.2) is 59.1 Å². The van der Waals surface area contributed by atoms with Gasteiger partial charge in [0.2, 0.25) is 0 Å². The standard InChI is InChI=1S/C35H32Cl3NO6/c1-4-43-35(16-23(17-35)22-9-8-19(2)25(14-22)34(41)44-20(3)40)27-13-12-24(15-30(27)38)42-18-26-32(39-45-33(26)21-10-11-21)31-28(36)6-5-7-29(31)37/h5-9,12-15,21,23H,4,10-11,16-18H2,1-3H3. The van der Waals surface area contributed by atoms with Crippen LogP contribution in [0.2, 0.25) is 15.1 Å². The number of halogens is 3. The van der Waals surface area contributed by atoms with Gasteiger partial charge in [0.15, 0.2) is 0 Å². The molecule has 1 aromatic heterocycles. The molecule has 0 N–H and O–H groups in total. The molecule has 0 bridgehead atoms. The van der Waals surface area contributed by atoms with Crippen molar-refractivity contribution in [2.45, 2.75) is 70.5 Å². The second kappa shape index (κ2) is 12.8. The summed E-state index contributed by atoms with van der Waals surface area (Å²) in [4.78, 5) is 23.8. The predicted molar refractivity (Wildman–Crippen MR) is 172 cm³/mol. The van der Waals surface area contributed by atoms with Crippen molar-refractivity contribution in [3.63, 3.8) is 0 Å². The molecule has 2 saturated carbocycles. The van der Waals surface area contributed by atoms with Gasteiger partial charge in [-0.3, -0.25) is 4.79 Å². The maximum absolute atomic E-state index is 12.5. The molecule has 234 valence electrons. The topological polar surface area (TPSA) is 87.9 Å². The van der Waals surface area contributed by atoms with Crippen LogP contribution in [0.25, 0.3) is 11.3 Å². The number of aryl methyl sites for hydroxylation is 1. The summed E-state index contributed by atoms with van der Waals surface area (Å²) in [6, 6.07) is 16.7. The average Bonchev–Trinajstić information content (AvgIpc) is 3.74. The van der Waals surface area contributed by atoms with Gasteiger partial charge in [-0.15, -0.1) is 0 Å². The molecule has 2 fully saturated rings. The predicted octanol–water partition coefficient (Wildman–Crippen LogP) is 9.58. The first kappa shape index (κ1) is 31.6. The largest absolute Gasteiger partial charge is 0.489 e. The Labute approximate surface area is 276 Å². The molecule has 0 unspecified atom stereocenters. The Morgan fingerprint density at radius 3 is 2.36 bits per heavy atom. The monoisotopic (exact) mass is 667 g/mol. The van der Waals surface area contributed by atoms with E-state index in [1.807, 2.05) is 44.2 Å². The lowest BCUT2D eigenvalue weighted by Crippen LogP contribution is -2.42. The Bertz CT molecular complexity index is 1750. The number of esters is 2. The second-order valence-corrected chi connectivity index (χ2v) is 12.9. The van der Waals surface area contributed by atoms with Crippen molar-refractivity contribution in [3.8, 4) is 17.0 Å². The smallest absolute Gasteiger partial charge is 0.346 e. The quantitative estimate of drug-likeness (QED) is 0.123. The van der Waals surface area contributed by atoms with E-state index in [1.165, 1.54) is 6.92 Å². The van der Waals surface area contributed by atoms with Crippen LogP contribution in [0, 0.1) is 6.92 Å². The normalized spacial score (nSPS) is 19.2. The summed E-state index contributed by atoms with van der Waals surface area (Å²) in [6.07, 6.45) is 3.42. The Morgan fingerprint density at radius 1 is 0.978 bits per heavy atom. The Balaban J connectivity index is 1.21. The van der Waals surface area contributed by atoms with Crippen molar-refractivity contribution in [2.75, 3.05) is 6.61 Å². The minimum absolute atomic E-state index is 0.137. The number of rotatable bonds is 10. The summed E-state index contributed by atoms with van der Waals surface area (Å²) in [7, 11) is 0. The van der Waals surface area contributed by atoms with Crippen LogP contribution in [0.5, 0.6) is 5.75 Å². The Kier molecular flexibility index (Phi) is 8.99. The van der Waals surface area contributed by atoms with Gasteiger partial charge in [-0.2, -0.15) is 0 Å². The first-order valence-corrected chi connectivity index (χ1v) is 16.1. The first-order valence-electron chi connectivity index (χ1n) is 14.9. The third-order valence-electron chi connectivity index (χ3n) is 8.54. The molecule has 45 heavy (non-hydrogen) atoms. The zero-order valence-corrected chi connectivity index (χ0v) is 27.4. The number of carbonyl (C=O) groups is 2. The number of hydrogen-bond donors (Lipinski definition) is 0. The van der Waals surface area contributed by atoms with Gasteiger partial charge in [-0.25, -0.2) is 4.79 Å². The summed E-state index contributed by atoms with van der Waals surface area (Å²) < 4.78 is 23.2. The summed E-state index contributed by atoms with van der Waals surface area (Å²) in [5, 5.41) is 5.86. The van der Waals surface area contributed by atoms with E-state index in [9.17, 15) is 9.59 Å². The zero-order valence-electron chi connectivity index (χ0n) is 25.1. The van der Waals surface area contributed by atoms with Gasteiger partial charge in [0.25, 0.3) is 0 Å². The van der Waals surface area contributed by atoms with E-state index in [0.29, 0.717) is 63.0 Å². The lowest BCUT2D eigenvalue weighted by molar-refractivity contribution is -0.135. The van der Waals surface area contributed by atoms with E-state index in [0.717, 1.165) is 40.9 Å². The molecular weight excluding hydrogens is 637 g/mol. The number of ether oxygens (including phenoxy) is 3. The molecular formula is C35H32Cl3NO6. The fraction of sp³-hybridized carbons (Fsp3) is 0.343. The van der Waals surface area contributed by atoms with Gasteiger partial charge >= 0.3 is 11.9 Å². The minimum Gasteiger partial charge on any atom is -0.489 e. The molecule has 0 saturated heterocycles. The maximum atomic E-state index is 12.5. The van der Waals surface area contributed by atoms with Gasteiger partial charge in [0.05, 0.1) is 31.8 Å². The molecule has 1 heterocycles. The Hall–Kier alpha value is -3.36. The van der Waals surface area contributed by atoms with Crippen molar-refractivity contribution in [3.05, 3.63) is 103 Å². The molecule has 2 aliphatic rings. The third kappa shape index (κ3) is 6.36. The zero-order chi connectivity index (χ0) is 31.9. The molecule has 0 spiro atoms. The molecule has 6 rings (SSSR count). The van der Waals surface area contributed by atoms with E-state index in [4.69, 9.17) is 53.5 Å². The number of benzene rings is 3. The van der Waals surface area contributed by atoms with Crippen molar-refractivity contribution in [1.82, 2.24) is 5.16 Å². The fourth-order valence-corrected chi connectivity index (χ4v) is 7.04. The minimum atomic E-state index is -0.645. The van der Waals surface area contributed by atoms with Crippen LogP contribution >= 0.6 is 34.8 Å². The highest BCUT2D eigenvalue weighted by molar-refractivity contribution is 6.39. The van der Waals surface area contributed by atoms with Gasteiger partial charge in [-0.1, -0.05) is 64.2 Å². The molecule has 0 amide bonds. The maximum Gasteiger partial charge on any atom is 0.346 e. The van der Waals surface area contributed by atoms with Gasteiger partial charge in [-0.05, 0) is 86.9 Å². The van der Waals surface area contributed by atoms with E-state index < -0.39 is 17.5 Å². The molecule has 10 heteroatoms. The van der Waals surface area contributed by atoms with E-state index in [-0.39, 0.29) is 12.5 Å². The van der Waals surface area contributed by atoms with Crippen LogP contribution in [0.1, 0.15) is 89.7 Å². The van der Waals surface area contributed by atoms with E-state index in [2.05, 4.69) is 5.16 Å². The number of hydrogen-bond acceptors (Lipinski definition) is 7. The molecule has 7 nitrogen and oxygen atoms in total. The van der Waals surface area contributed by atoms with E-state index in [1.54, 1.807) is 24.3 Å². The summed E-state index contributed by atoms with van der Waals surface area (Å²) >= 11 is 19.9. The number of nitrogens with zero attached hydrogens (tertiary/aromatic N) is 1. The molecule has 0 aliphatic heterocycles. The average molecular weight is 669 g/mol. The molecule has 4 aromatic rings. The molecule has 0 atom stereocenters. The van der Waals surface area contributed by atoms with Crippen molar-refractivity contribution in [2.24, 2.45) is 0 Å². The third-order valence-corrected chi connectivity index (χ3v) is 9.49. The SMILES string of the molecule is CCOC1(c2ccc(OCc3c(-c4c(Cl)cccc4Cl)noc3C3CC3)cc2Cl)CC(c2ccc(C)c(C(=O)OC(C)=O)c2)C1. The van der Waals surface area contributed by atoms with Crippen LogP contribution < -0.4 is 4.74 Å². The van der Waals surface area contributed by atoms with Crippen LogP contribution in [-0.4, -0.2) is 23.7 Å². The van der Waals surface area contributed by atoms with Crippen molar-refractivity contribution < 1.29 is 28.3 Å². The van der Waals surface area contributed by atoms with Crippen LogP contribution in [0.4, 0.5) is 0 Å². The highest BCUT2D eigenvalue weighted by Gasteiger charge is 2.48. The molecule has 0 radical (unpaired) electrons. The van der Waals surface area contributed by atoms with Gasteiger partial charge < -0.3 is 18.7 Å². The summed E-state index contributed by atoms with van der Waals surface area (Å²) in [5.74, 6) is 0.553. The Morgan fingerprint density at radius 2 is 1.71 bits per heavy atom. The highest BCUT2D eigenvalue weighted by Crippen LogP contribution is 2.55. The summed E-state index contributed by atoms with van der Waals surface area (Å²) in [5.41, 5.74) is 4.44. The number of carbonyl (C=O) groups excluding carboxylic acids is 2. The number of aromatic nitrogens is 1. The van der Waals surface area contributed by atoms with Crippen LogP contribution in [-0.2, 0) is 26.5 Å². The lowest BCUT2D eigenvalue weighted by Gasteiger charge is -2.48. The second-order valence-electron chi connectivity index (χ2n) is 11.7. The van der Waals surface area contributed by atoms with Gasteiger partial charge in [0.1, 0.15) is 23.8 Å². The highest BCUT2D eigenvalue weighted by atomic mass is 35.5. The first-order chi connectivity index (χ1) is 21.6.